The van der Waals surface area contributed by atoms with Gasteiger partial charge >= 0.3 is 0 Å². The molecule has 0 saturated carbocycles. The van der Waals surface area contributed by atoms with Crippen molar-refractivity contribution >= 4 is 23.5 Å². The summed E-state index contributed by atoms with van der Waals surface area (Å²) in [6.07, 6.45) is 1.70. The Kier molecular flexibility index (Phi) is 4.95. The number of carbonyl (C=O) groups is 1. The molecule has 1 N–H and O–H groups in total. The van der Waals surface area contributed by atoms with Crippen LogP contribution in [0.5, 0.6) is 11.5 Å². The van der Waals surface area contributed by atoms with Crippen molar-refractivity contribution in [3.63, 3.8) is 0 Å². The standard InChI is InChI=1S/C20H20N4O3S/c1-12-18-19(14-10-13(26-2)7-8-15(14)27-3)28-11-17(25)22-20(18)24(23-12)16-6-4-5-9-21-16/h4-10,19H,11H2,1-3H3,(H,22,25). The van der Waals surface area contributed by atoms with Crippen molar-refractivity contribution in [3.8, 4) is 17.3 Å². The zero-order valence-electron chi connectivity index (χ0n) is 15.8. The maximum atomic E-state index is 12.4. The normalized spacial score (nSPS) is 16.1. The second-order valence-corrected chi connectivity index (χ2v) is 7.39. The minimum Gasteiger partial charge on any atom is -0.497 e. The van der Waals surface area contributed by atoms with Crippen LogP contribution in [0.15, 0.2) is 42.6 Å². The van der Waals surface area contributed by atoms with E-state index in [1.54, 1.807) is 25.1 Å². The fourth-order valence-corrected chi connectivity index (χ4v) is 4.52. The third kappa shape index (κ3) is 3.20. The van der Waals surface area contributed by atoms with Crippen LogP contribution < -0.4 is 14.8 Å². The largest absolute Gasteiger partial charge is 0.497 e. The molecule has 144 valence electrons. The molecule has 2 aromatic heterocycles. The van der Waals surface area contributed by atoms with Crippen LogP contribution in [0.4, 0.5) is 5.82 Å². The summed E-state index contributed by atoms with van der Waals surface area (Å²) in [7, 11) is 3.27. The summed E-state index contributed by atoms with van der Waals surface area (Å²) in [4.78, 5) is 16.8. The van der Waals surface area contributed by atoms with Crippen molar-refractivity contribution in [3.05, 3.63) is 59.4 Å². The quantitative estimate of drug-likeness (QED) is 0.729. The molecule has 1 amide bonds. The first-order chi connectivity index (χ1) is 13.6. The maximum absolute atomic E-state index is 12.4. The van der Waals surface area contributed by atoms with Gasteiger partial charge in [-0.15, -0.1) is 11.8 Å². The van der Waals surface area contributed by atoms with Gasteiger partial charge in [-0.3, -0.25) is 4.79 Å². The number of aryl methyl sites for hydroxylation is 1. The minimum atomic E-state index is -0.142. The van der Waals surface area contributed by atoms with E-state index < -0.39 is 0 Å². The van der Waals surface area contributed by atoms with Crippen LogP contribution in [0.1, 0.15) is 22.1 Å². The number of pyridine rings is 1. The van der Waals surface area contributed by atoms with E-state index in [-0.39, 0.29) is 11.2 Å². The van der Waals surface area contributed by atoms with E-state index in [2.05, 4.69) is 15.4 Å². The molecule has 3 heterocycles. The second-order valence-electron chi connectivity index (χ2n) is 6.29. The third-order valence-corrected chi connectivity index (χ3v) is 5.85. The van der Waals surface area contributed by atoms with Crippen LogP contribution in [0.3, 0.4) is 0 Å². The number of rotatable bonds is 4. The van der Waals surface area contributed by atoms with Crippen LogP contribution in [0.25, 0.3) is 5.82 Å². The zero-order chi connectivity index (χ0) is 19.7. The number of carbonyl (C=O) groups excluding carboxylic acids is 1. The molecule has 1 aliphatic heterocycles. The van der Waals surface area contributed by atoms with Crippen molar-refractivity contribution in [2.45, 2.75) is 12.2 Å². The van der Waals surface area contributed by atoms with Crippen molar-refractivity contribution in [1.29, 1.82) is 0 Å². The summed E-state index contributed by atoms with van der Waals surface area (Å²) in [6.45, 7) is 1.94. The molecule has 1 atom stereocenters. The molecule has 28 heavy (non-hydrogen) atoms. The first kappa shape index (κ1) is 18.4. The Labute approximate surface area is 167 Å². The Morgan fingerprint density at radius 3 is 2.79 bits per heavy atom. The molecule has 3 aromatic rings. The molecule has 1 aliphatic rings. The molecular formula is C20H20N4O3S. The average Bonchev–Trinajstić information content (AvgIpc) is 2.93. The van der Waals surface area contributed by atoms with Crippen LogP contribution in [0.2, 0.25) is 0 Å². The molecule has 1 unspecified atom stereocenters. The molecule has 1 aromatic carbocycles. The van der Waals surface area contributed by atoms with Gasteiger partial charge in [-0.1, -0.05) is 6.07 Å². The van der Waals surface area contributed by atoms with Gasteiger partial charge in [0.1, 0.15) is 17.3 Å². The zero-order valence-corrected chi connectivity index (χ0v) is 16.6. The van der Waals surface area contributed by atoms with Gasteiger partial charge < -0.3 is 14.8 Å². The lowest BCUT2D eigenvalue weighted by Gasteiger charge is -2.19. The number of fused-ring (bicyclic) bond motifs is 1. The average molecular weight is 396 g/mol. The number of amides is 1. The highest BCUT2D eigenvalue weighted by Gasteiger charge is 2.32. The summed E-state index contributed by atoms with van der Waals surface area (Å²) in [5, 5.41) is 7.53. The van der Waals surface area contributed by atoms with Gasteiger partial charge in [0.25, 0.3) is 0 Å². The number of thioether (sulfide) groups is 1. The van der Waals surface area contributed by atoms with Gasteiger partial charge in [-0.25, -0.2) is 4.98 Å². The maximum Gasteiger partial charge on any atom is 0.235 e. The minimum absolute atomic E-state index is 0.0762. The molecular weight excluding hydrogens is 376 g/mol. The van der Waals surface area contributed by atoms with Crippen molar-refractivity contribution < 1.29 is 14.3 Å². The van der Waals surface area contributed by atoms with Crippen LogP contribution in [0, 0.1) is 6.92 Å². The second kappa shape index (κ2) is 7.55. The predicted octanol–water partition coefficient (Wildman–Crippen LogP) is 3.37. The van der Waals surface area contributed by atoms with Gasteiger partial charge in [-0.2, -0.15) is 9.78 Å². The highest BCUT2D eigenvalue weighted by molar-refractivity contribution is 8.00. The van der Waals surface area contributed by atoms with Gasteiger partial charge in [-0.05, 0) is 37.3 Å². The molecule has 0 fully saturated rings. The van der Waals surface area contributed by atoms with E-state index in [9.17, 15) is 4.79 Å². The van der Waals surface area contributed by atoms with Gasteiger partial charge in [0.15, 0.2) is 5.82 Å². The first-order valence-electron chi connectivity index (χ1n) is 8.76. The number of anilines is 1. The number of aromatic nitrogens is 3. The fourth-order valence-electron chi connectivity index (χ4n) is 3.32. The number of hydrogen-bond acceptors (Lipinski definition) is 6. The first-order valence-corrected chi connectivity index (χ1v) is 9.81. The van der Waals surface area contributed by atoms with Crippen molar-refractivity contribution in [1.82, 2.24) is 14.8 Å². The molecule has 0 radical (unpaired) electrons. The Bertz CT molecular complexity index is 1020. The number of ether oxygens (including phenoxy) is 2. The molecule has 0 saturated heterocycles. The van der Waals surface area contributed by atoms with E-state index in [1.165, 1.54) is 11.8 Å². The molecule has 0 bridgehead atoms. The van der Waals surface area contributed by atoms with Crippen LogP contribution >= 0.6 is 11.8 Å². The lowest BCUT2D eigenvalue weighted by molar-refractivity contribution is -0.113. The summed E-state index contributed by atoms with van der Waals surface area (Å²) in [5.41, 5.74) is 2.70. The van der Waals surface area contributed by atoms with Crippen LogP contribution in [-0.4, -0.2) is 40.6 Å². The predicted molar refractivity (Wildman–Crippen MR) is 109 cm³/mol. The van der Waals surface area contributed by atoms with E-state index in [1.807, 2.05) is 43.3 Å². The smallest absolute Gasteiger partial charge is 0.235 e. The van der Waals surface area contributed by atoms with Gasteiger partial charge in [0.2, 0.25) is 5.91 Å². The Morgan fingerprint density at radius 1 is 1.21 bits per heavy atom. The highest BCUT2D eigenvalue weighted by Crippen LogP contribution is 2.47. The molecule has 4 rings (SSSR count). The van der Waals surface area contributed by atoms with Crippen molar-refractivity contribution in [2.24, 2.45) is 0 Å². The number of hydrogen-bond donors (Lipinski definition) is 1. The lowest BCUT2D eigenvalue weighted by Crippen LogP contribution is -2.16. The fraction of sp³-hybridized carbons (Fsp3) is 0.250. The Balaban J connectivity index is 1.92. The van der Waals surface area contributed by atoms with E-state index in [0.29, 0.717) is 17.4 Å². The summed E-state index contributed by atoms with van der Waals surface area (Å²) >= 11 is 1.54. The van der Waals surface area contributed by atoms with E-state index >= 15 is 0 Å². The van der Waals surface area contributed by atoms with Gasteiger partial charge in [0, 0.05) is 17.3 Å². The topological polar surface area (TPSA) is 78.3 Å². The number of benzene rings is 1. The lowest BCUT2D eigenvalue weighted by atomic mass is 10.0. The Hall–Kier alpha value is -3.00. The van der Waals surface area contributed by atoms with E-state index in [4.69, 9.17) is 9.47 Å². The number of nitrogens with one attached hydrogen (secondary N) is 1. The molecule has 7 nitrogen and oxygen atoms in total. The summed E-state index contributed by atoms with van der Waals surface area (Å²) < 4.78 is 12.7. The Morgan fingerprint density at radius 2 is 2.07 bits per heavy atom. The van der Waals surface area contributed by atoms with E-state index in [0.717, 1.165) is 28.3 Å². The molecule has 8 heteroatoms. The molecule has 0 spiro atoms. The third-order valence-electron chi connectivity index (χ3n) is 4.59. The van der Waals surface area contributed by atoms with Gasteiger partial charge in [0.05, 0.1) is 30.9 Å². The molecule has 0 aliphatic carbocycles. The summed E-state index contributed by atoms with van der Waals surface area (Å²) in [5.74, 6) is 3.01. The monoisotopic (exact) mass is 396 g/mol. The van der Waals surface area contributed by atoms with Crippen molar-refractivity contribution in [2.75, 3.05) is 25.3 Å². The summed E-state index contributed by atoms with van der Waals surface area (Å²) in [6, 6.07) is 11.3. The number of methoxy groups -OCH3 is 2. The van der Waals surface area contributed by atoms with Crippen LogP contribution in [-0.2, 0) is 4.79 Å². The number of nitrogens with zero attached hydrogens (tertiary/aromatic N) is 3. The SMILES string of the molecule is COc1ccc(OC)c(C2SCC(=O)Nc3c2c(C)nn3-c2ccccn2)c1. The highest BCUT2D eigenvalue weighted by atomic mass is 32.2.